The van der Waals surface area contributed by atoms with E-state index in [0.29, 0.717) is 5.56 Å². The van der Waals surface area contributed by atoms with E-state index in [4.69, 9.17) is 5.11 Å². The maximum absolute atomic E-state index is 9.81. The molecule has 0 bridgehead atoms. The highest BCUT2D eigenvalue weighted by Gasteiger charge is 2.18. The third kappa shape index (κ3) is 2.06. The van der Waals surface area contributed by atoms with E-state index in [2.05, 4.69) is 9.97 Å². The molecular formula is C11H14N2O3. The first-order valence-corrected chi connectivity index (χ1v) is 5.12. The summed E-state index contributed by atoms with van der Waals surface area (Å²) in [5, 5.41) is 28.9. The molecule has 16 heavy (non-hydrogen) atoms. The Morgan fingerprint density at radius 3 is 2.94 bits per heavy atom. The summed E-state index contributed by atoms with van der Waals surface area (Å²) >= 11 is 0. The van der Waals surface area contributed by atoms with Crippen molar-refractivity contribution in [3.8, 4) is 0 Å². The lowest BCUT2D eigenvalue weighted by Crippen LogP contribution is -2.19. The Labute approximate surface area is 92.4 Å². The number of aromatic nitrogens is 2. The first-order chi connectivity index (χ1) is 7.72. The fourth-order valence-corrected chi connectivity index (χ4v) is 1.63. The van der Waals surface area contributed by atoms with Crippen LogP contribution in [0.5, 0.6) is 0 Å². The minimum absolute atomic E-state index is 0.145. The molecule has 0 saturated carbocycles. The highest BCUT2D eigenvalue weighted by Crippen LogP contribution is 2.21. The number of fused-ring (bicyclic) bond motifs is 1. The fraction of sp³-hybridized carbons (Fsp3) is 0.364. The zero-order valence-electron chi connectivity index (χ0n) is 8.67. The van der Waals surface area contributed by atoms with Gasteiger partial charge in [-0.1, -0.05) is 0 Å². The number of aliphatic hydroxyl groups is 3. The summed E-state index contributed by atoms with van der Waals surface area (Å²) in [6.07, 6.45) is 1.44. The Morgan fingerprint density at radius 1 is 1.38 bits per heavy atom. The molecule has 5 nitrogen and oxygen atoms in total. The number of H-pyrrole nitrogens is 1. The van der Waals surface area contributed by atoms with E-state index < -0.39 is 12.2 Å². The van der Waals surface area contributed by atoms with Crippen LogP contribution in [0.25, 0.3) is 11.0 Å². The number of aliphatic hydroxyl groups excluding tert-OH is 3. The number of pyridine rings is 1. The second-order valence-corrected chi connectivity index (χ2v) is 3.71. The van der Waals surface area contributed by atoms with Gasteiger partial charge in [0.2, 0.25) is 0 Å². The summed E-state index contributed by atoms with van der Waals surface area (Å²) in [7, 11) is 0. The highest BCUT2D eigenvalue weighted by atomic mass is 16.3. The molecule has 0 aromatic carbocycles. The smallest absolute Gasteiger partial charge is 0.137 e. The Bertz CT molecular complexity index is 469. The van der Waals surface area contributed by atoms with Crippen LogP contribution in [0, 0.1) is 0 Å². The van der Waals surface area contributed by atoms with Crippen molar-refractivity contribution in [2.75, 3.05) is 6.61 Å². The van der Waals surface area contributed by atoms with Gasteiger partial charge in [0.05, 0.1) is 6.10 Å². The molecule has 86 valence electrons. The molecule has 0 aliphatic heterocycles. The lowest BCUT2D eigenvalue weighted by atomic mass is 10.0. The third-order valence-electron chi connectivity index (χ3n) is 2.55. The largest absolute Gasteiger partial charge is 0.396 e. The molecule has 2 atom stereocenters. The first kappa shape index (κ1) is 11.1. The second kappa shape index (κ2) is 4.61. The van der Waals surface area contributed by atoms with E-state index in [1.807, 2.05) is 6.07 Å². The van der Waals surface area contributed by atoms with Crippen molar-refractivity contribution in [1.29, 1.82) is 0 Å². The Morgan fingerprint density at radius 2 is 2.19 bits per heavy atom. The SMILES string of the molecule is OCCC(O)C(O)c1cnc2[nH]ccc2c1. The van der Waals surface area contributed by atoms with E-state index in [-0.39, 0.29) is 13.0 Å². The van der Waals surface area contributed by atoms with E-state index in [1.165, 1.54) is 6.20 Å². The van der Waals surface area contributed by atoms with Crippen molar-refractivity contribution in [3.63, 3.8) is 0 Å². The molecule has 0 aliphatic carbocycles. The summed E-state index contributed by atoms with van der Waals surface area (Å²) in [6, 6.07) is 3.61. The molecule has 0 amide bonds. The van der Waals surface area contributed by atoms with Gasteiger partial charge in [0.1, 0.15) is 11.8 Å². The van der Waals surface area contributed by atoms with Crippen molar-refractivity contribution < 1.29 is 15.3 Å². The number of hydrogen-bond acceptors (Lipinski definition) is 4. The van der Waals surface area contributed by atoms with Gasteiger partial charge in [-0.15, -0.1) is 0 Å². The summed E-state index contributed by atoms with van der Waals surface area (Å²) in [5.41, 5.74) is 1.29. The molecule has 2 aromatic heterocycles. The summed E-state index contributed by atoms with van der Waals surface area (Å²) in [5.74, 6) is 0. The van der Waals surface area contributed by atoms with Crippen molar-refractivity contribution in [1.82, 2.24) is 9.97 Å². The number of aromatic amines is 1. The molecule has 4 N–H and O–H groups in total. The van der Waals surface area contributed by atoms with E-state index in [1.54, 1.807) is 12.3 Å². The van der Waals surface area contributed by atoms with Crippen molar-refractivity contribution in [2.45, 2.75) is 18.6 Å². The summed E-state index contributed by atoms with van der Waals surface area (Å²) in [4.78, 5) is 7.06. The van der Waals surface area contributed by atoms with Gasteiger partial charge in [-0.2, -0.15) is 0 Å². The average molecular weight is 222 g/mol. The summed E-state index contributed by atoms with van der Waals surface area (Å²) < 4.78 is 0. The molecule has 0 spiro atoms. The maximum atomic E-state index is 9.81. The second-order valence-electron chi connectivity index (χ2n) is 3.71. The monoisotopic (exact) mass is 222 g/mol. The van der Waals surface area contributed by atoms with Gasteiger partial charge in [-0.3, -0.25) is 0 Å². The van der Waals surface area contributed by atoms with E-state index in [0.717, 1.165) is 11.0 Å². The third-order valence-corrected chi connectivity index (χ3v) is 2.55. The first-order valence-electron chi connectivity index (χ1n) is 5.12. The van der Waals surface area contributed by atoms with Crippen LogP contribution in [-0.4, -0.2) is 38.0 Å². The van der Waals surface area contributed by atoms with Gasteiger partial charge in [-0.25, -0.2) is 4.98 Å². The molecule has 5 heteroatoms. The van der Waals surface area contributed by atoms with Crippen molar-refractivity contribution >= 4 is 11.0 Å². The number of nitrogens with one attached hydrogen (secondary N) is 1. The average Bonchev–Trinajstić information content (AvgIpc) is 2.75. The molecule has 2 unspecified atom stereocenters. The van der Waals surface area contributed by atoms with Gasteiger partial charge < -0.3 is 20.3 Å². The van der Waals surface area contributed by atoms with Gasteiger partial charge in [0.15, 0.2) is 0 Å². The molecule has 0 saturated heterocycles. The van der Waals surface area contributed by atoms with Gasteiger partial charge in [-0.05, 0) is 18.6 Å². The van der Waals surface area contributed by atoms with Crippen LogP contribution < -0.4 is 0 Å². The molecular weight excluding hydrogens is 208 g/mol. The molecule has 0 aliphatic rings. The number of nitrogens with zero attached hydrogens (tertiary/aromatic N) is 1. The molecule has 0 radical (unpaired) electrons. The van der Waals surface area contributed by atoms with E-state index in [9.17, 15) is 10.2 Å². The molecule has 2 rings (SSSR count). The standard InChI is InChI=1S/C11H14N2O3/c14-4-2-9(15)10(16)8-5-7-1-3-12-11(7)13-6-8/h1,3,5-6,9-10,14-16H,2,4H2,(H,12,13). The minimum atomic E-state index is -1.01. The Kier molecular flexibility index (Phi) is 3.19. The van der Waals surface area contributed by atoms with Crippen LogP contribution in [-0.2, 0) is 0 Å². The van der Waals surface area contributed by atoms with Gasteiger partial charge in [0, 0.05) is 30.0 Å². The van der Waals surface area contributed by atoms with Crippen LogP contribution >= 0.6 is 0 Å². The zero-order valence-corrected chi connectivity index (χ0v) is 8.67. The van der Waals surface area contributed by atoms with Crippen LogP contribution in [0.15, 0.2) is 24.5 Å². The summed E-state index contributed by atoms with van der Waals surface area (Å²) in [6.45, 7) is -0.155. The fourth-order valence-electron chi connectivity index (χ4n) is 1.63. The quantitative estimate of drug-likeness (QED) is 0.600. The maximum Gasteiger partial charge on any atom is 0.137 e. The normalized spacial score (nSPS) is 15.2. The van der Waals surface area contributed by atoms with Crippen molar-refractivity contribution in [3.05, 3.63) is 30.1 Å². The van der Waals surface area contributed by atoms with Crippen molar-refractivity contribution in [2.24, 2.45) is 0 Å². The Balaban J connectivity index is 2.24. The van der Waals surface area contributed by atoms with E-state index >= 15 is 0 Å². The predicted molar refractivity (Wildman–Crippen MR) is 58.8 cm³/mol. The molecule has 2 aromatic rings. The lowest BCUT2D eigenvalue weighted by molar-refractivity contribution is 0.00412. The van der Waals surface area contributed by atoms with Crippen LogP contribution in [0.4, 0.5) is 0 Å². The predicted octanol–water partition coefficient (Wildman–Crippen LogP) is 0.340. The number of rotatable bonds is 4. The van der Waals surface area contributed by atoms with Crippen LogP contribution in [0.1, 0.15) is 18.1 Å². The van der Waals surface area contributed by atoms with Gasteiger partial charge >= 0.3 is 0 Å². The van der Waals surface area contributed by atoms with Crippen LogP contribution in [0.2, 0.25) is 0 Å². The number of hydrogen-bond donors (Lipinski definition) is 4. The molecule has 2 heterocycles. The highest BCUT2D eigenvalue weighted by molar-refractivity contribution is 5.75. The molecule has 0 fully saturated rings. The Hall–Kier alpha value is -1.43. The topological polar surface area (TPSA) is 89.4 Å². The minimum Gasteiger partial charge on any atom is -0.396 e. The zero-order chi connectivity index (χ0) is 11.5. The van der Waals surface area contributed by atoms with Crippen LogP contribution in [0.3, 0.4) is 0 Å². The van der Waals surface area contributed by atoms with Gasteiger partial charge in [0.25, 0.3) is 0 Å². The lowest BCUT2D eigenvalue weighted by Gasteiger charge is -2.16.